The maximum atomic E-state index is 4.54. The van der Waals surface area contributed by atoms with Crippen LogP contribution >= 0.6 is 0 Å². The number of nitrogens with zero attached hydrogens (tertiary/aromatic N) is 1. The molecule has 0 aliphatic carbocycles. The third kappa shape index (κ3) is 1.00. The van der Waals surface area contributed by atoms with E-state index >= 15 is 0 Å². The summed E-state index contributed by atoms with van der Waals surface area (Å²) in [5.74, 6) is 1.06. The summed E-state index contributed by atoms with van der Waals surface area (Å²) in [5, 5.41) is 1.33. The van der Waals surface area contributed by atoms with Gasteiger partial charge < -0.3 is 4.98 Å². The molecule has 0 spiro atoms. The van der Waals surface area contributed by atoms with Gasteiger partial charge >= 0.3 is 0 Å². The number of aryl methyl sites for hydroxylation is 1. The first-order valence-electron chi connectivity index (χ1n) is 4.98. The van der Waals surface area contributed by atoms with E-state index in [4.69, 9.17) is 0 Å². The largest absolute Gasteiger partial charge is 0.339 e. The highest BCUT2D eigenvalue weighted by molar-refractivity contribution is 5.94. The molecule has 0 fully saturated rings. The van der Waals surface area contributed by atoms with Crippen LogP contribution in [0.3, 0.4) is 0 Å². The van der Waals surface area contributed by atoms with Gasteiger partial charge in [0.1, 0.15) is 5.82 Å². The predicted octanol–water partition coefficient (Wildman–Crippen LogP) is 3.21. The molecule has 2 heterocycles. The van der Waals surface area contributed by atoms with E-state index in [1.807, 2.05) is 0 Å². The first-order chi connectivity index (χ1) is 6.84. The number of aromatic amines is 1. The molecule has 14 heavy (non-hydrogen) atoms. The molecule has 0 bridgehead atoms. The number of rotatable bonds is 0. The van der Waals surface area contributed by atoms with Gasteiger partial charge in [-0.2, -0.15) is 0 Å². The topological polar surface area (TPSA) is 28.1 Å². The van der Waals surface area contributed by atoms with Gasteiger partial charge in [0, 0.05) is 22.2 Å². The summed E-state index contributed by atoms with van der Waals surface area (Å²) in [5.41, 5.74) is 3.81. The average molecular weight is 184 g/mol. The summed E-state index contributed by atoms with van der Waals surface area (Å²) >= 11 is 0. The molecule has 1 N–H and O–H groups in total. The van der Waals surface area contributed by atoms with Crippen molar-refractivity contribution >= 4 is 22.4 Å². The molecule has 0 atom stereocenters. The predicted molar refractivity (Wildman–Crippen MR) is 59.4 cm³/mol. The Balaban J connectivity index is 2.35. The van der Waals surface area contributed by atoms with Gasteiger partial charge in [0.05, 0.1) is 0 Å². The van der Waals surface area contributed by atoms with E-state index in [1.54, 1.807) is 0 Å². The molecule has 1 aliphatic heterocycles. The van der Waals surface area contributed by atoms with Gasteiger partial charge in [-0.25, -0.2) is 4.99 Å². The van der Waals surface area contributed by atoms with E-state index in [0.29, 0.717) is 0 Å². The van der Waals surface area contributed by atoms with E-state index in [9.17, 15) is 0 Å². The minimum Gasteiger partial charge on any atom is -0.339 e. The Morgan fingerprint density at radius 2 is 2.07 bits per heavy atom. The van der Waals surface area contributed by atoms with Gasteiger partial charge in [-0.3, -0.25) is 0 Å². The molecule has 70 valence electrons. The zero-order valence-corrected chi connectivity index (χ0v) is 8.17. The molecule has 2 nitrogen and oxygen atoms in total. The van der Waals surface area contributed by atoms with Crippen LogP contribution in [-0.4, -0.2) is 10.7 Å². The first kappa shape index (κ1) is 7.80. The van der Waals surface area contributed by atoms with E-state index in [0.717, 1.165) is 18.7 Å². The van der Waals surface area contributed by atoms with Crippen molar-refractivity contribution in [3.63, 3.8) is 0 Å². The van der Waals surface area contributed by atoms with Crippen LogP contribution in [0.5, 0.6) is 0 Å². The number of aromatic nitrogens is 1. The maximum absolute atomic E-state index is 4.54. The van der Waals surface area contributed by atoms with Gasteiger partial charge in [-0.15, -0.1) is 0 Å². The normalized spacial score (nSPS) is 15.4. The highest BCUT2D eigenvalue weighted by atomic mass is 14.9. The SMILES string of the molecule is CC1=Nc2[nH]c3ccccc3c2CC1. The average Bonchev–Trinajstić information content (AvgIpc) is 2.54. The molecule has 0 radical (unpaired) electrons. The number of aliphatic imine (C=N–C) groups is 1. The summed E-state index contributed by atoms with van der Waals surface area (Å²) in [6, 6.07) is 8.42. The lowest BCUT2D eigenvalue weighted by Crippen LogP contribution is -1.99. The number of hydrogen-bond acceptors (Lipinski definition) is 1. The fourth-order valence-electron chi connectivity index (χ4n) is 2.09. The number of para-hydroxylation sites is 1. The van der Waals surface area contributed by atoms with Crippen molar-refractivity contribution < 1.29 is 0 Å². The molecule has 0 saturated carbocycles. The van der Waals surface area contributed by atoms with E-state index < -0.39 is 0 Å². The Bertz CT molecular complexity index is 520. The molecule has 3 rings (SSSR count). The van der Waals surface area contributed by atoms with Crippen LogP contribution in [-0.2, 0) is 6.42 Å². The summed E-state index contributed by atoms with van der Waals surface area (Å²) in [4.78, 5) is 7.90. The highest BCUT2D eigenvalue weighted by Crippen LogP contribution is 2.32. The maximum Gasteiger partial charge on any atom is 0.134 e. The number of H-pyrrole nitrogens is 1. The second kappa shape index (κ2) is 2.71. The summed E-state index contributed by atoms with van der Waals surface area (Å²) in [6.07, 6.45) is 2.21. The van der Waals surface area contributed by atoms with E-state index in [2.05, 4.69) is 41.2 Å². The number of nitrogens with one attached hydrogen (secondary N) is 1. The van der Waals surface area contributed by atoms with Crippen molar-refractivity contribution in [2.24, 2.45) is 4.99 Å². The Hall–Kier alpha value is -1.57. The summed E-state index contributed by atoms with van der Waals surface area (Å²) in [6.45, 7) is 2.09. The van der Waals surface area contributed by atoms with Crippen LogP contribution < -0.4 is 0 Å². The molecule has 0 saturated heterocycles. The number of hydrogen-bond donors (Lipinski definition) is 1. The second-order valence-corrected chi connectivity index (χ2v) is 3.84. The Morgan fingerprint density at radius 1 is 1.21 bits per heavy atom. The van der Waals surface area contributed by atoms with Gasteiger partial charge in [0.15, 0.2) is 0 Å². The highest BCUT2D eigenvalue weighted by Gasteiger charge is 2.14. The number of benzene rings is 1. The molecule has 0 unspecified atom stereocenters. The van der Waals surface area contributed by atoms with Crippen molar-refractivity contribution in [1.29, 1.82) is 0 Å². The van der Waals surface area contributed by atoms with Crippen molar-refractivity contribution in [1.82, 2.24) is 4.98 Å². The van der Waals surface area contributed by atoms with Gasteiger partial charge in [0.2, 0.25) is 0 Å². The van der Waals surface area contributed by atoms with Crippen LogP contribution in [0.15, 0.2) is 29.3 Å². The van der Waals surface area contributed by atoms with Crippen LogP contribution in [0.1, 0.15) is 18.9 Å². The molecular weight excluding hydrogens is 172 g/mol. The van der Waals surface area contributed by atoms with Gasteiger partial charge in [-0.05, 0) is 25.8 Å². The molecule has 2 aromatic rings. The zero-order valence-electron chi connectivity index (χ0n) is 8.17. The lowest BCUT2D eigenvalue weighted by atomic mass is 10.0. The number of fused-ring (bicyclic) bond motifs is 3. The lowest BCUT2D eigenvalue weighted by molar-refractivity contribution is 1.01. The summed E-state index contributed by atoms with van der Waals surface area (Å²) < 4.78 is 0. The third-order valence-electron chi connectivity index (χ3n) is 2.83. The van der Waals surface area contributed by atoms with Crippen LogP contribution in [0.25, 0.3) is 10.9 Å². The Kier molecular flexibility index (Phi) is 1.51. The van der Waals surface area contributed by atoms with Gasteiger partial charge in [-0.1, -0.05) is 18.2 Å². The van der Waals surface area contributed by atoms with Crippen molar-refractivity contribution in [3.8, 4) is 0 Å². The third-order valence-corrected chi connectivity index (χ3v) is 2.83. The summed E-state index contributed by atoms with van der Waals surface area (Å²) in [7, 11) is 0. The first-order valence-corrected chi connectivity index (χ1v) is 4.98. The minimum atomic E-state index is 1.06. The minimum absolute atomic E-state index is 1.06. The quantitative estimate of drug-likeness (QED) is 0.651. The monoisotopic (exact) mass is 184 g/mol. The standard InChI is InChI=1S/C12H12N2/c1-8-6-7-10-9-4-2-3-5-11(9)14-12(10)13-8/h2-5,14H,6-7H2,1H3. The van der Waals surface area contributed by atoms with E-state index in [-0.39, 0.29) is 0 Å². The zero-order chi connectivity index (χ0) is 9.54. The van der Waals surface area contributed by atoms with Crippen molar-refractivity contribution in [3.05, 3.63) is 29.8 Å². The molecule has 2 heteroatoms. The smallest absolute Gasteiger partial charge is 0.134 e. The fraction of sp³-hybridized carbons (Fsp3) is 0.250. The molecule has 1 aromatic carbocycles. The van der Waals surface area contributed by atoms with Crippen LogP contribution in [0.4, 0.5) is 5.82 Å². The lowest BCUT2D eigenvalue weighted by Gasteiger charge is -2.08. The van der Waals surface area contributed by atoms with Crippen molar-refractivity contribution in [2.45, 2.75) is 19.8 Å². The van der Waals surface area contributed by atoms with E-state index in [1.165, 1.54) is 22.2 Å². The van der Waals surface area contributed by atoms with Gasteiger partial charge in [0.25, 0.3) is 0 Å². The molecular formula is C12H12N2. The van der Waals surface area contributed by atoms with Crippen LogP contribution in [0, 0.1) is 0 Å². The second-order valence-electron chi connectivity index (χ2n) is 3.84. The Labute approximate surface area is 82.7 Å². The molecule has 0 amide bonds. The fourth-order valence-corrected chi connectivity index (χ4v) is 2.09. The van der Waals surface area contributed by atoms with Crippen molar-refractivity contribution in [2.75, 3.05) is 0 Å². The molecule has 1 aliphatic rings. The molecule has 1 aromatic heterocycles. The van der Waals surface area contributed by atoms with Crippen LogP contribution in [0.2, 0.25) is 0 Å². The Morgan fingerprint density at radius 3 is 3.00 bits per heavy atom.